The van der Waals surface area contributed by atoms with Crippen molar-refractivity contribution in [3.8, 4) is 11.8 Å². The van der Waals surface area contributed by atoms with Crippen LogP contribution in [0, 0.1) is 11.3 Å². The van der Waals surface area contributed by atoms with Gasteiger partial charge in [0, 0.05) is 6.42 Å². The number of nitriles is 1. The van der Waals surface area contributed by atoms with Gasteiger partial charge in [-0.05, 0) is 37.0 Å². The third-order valence-corrected chi connectivity index (χ3v) is 2.87. The maximum atomic E-state index is 8.47. The second kappa shape index (κ2) is 4.54. The van der Waals surface area contributed by atoms with Crippen LogP contribution in [0.2, 0.25) is 0 Å². The Balaban J connectivity index is 1.84. The van der Waals surface area contributed by atoms with Gasteiger partial charge in [-0.25, -0.2) is 0 Å². The molecule has 1 fully saturated rings. The third-order valence-electron chi connectivity index (χ3n) is 2.87. The van der Waals surface area contributed by atoms with E-state index in [9.17, 15) is 0 Å². The average Bonchev–Trinajstić information content (AvgIpc) is 3.04. The van der Waals surface area contributed by atoms with Crippen molar-refractivity contribution in [2.24, 2.45) is 5.73 Å². The van der Waals surface area contributed by atoms with Gasteiger partial charge in [0.1, 0.15) is 12.4 Å². The van der Waals surface area contributed by atoms with E-state index in [1.807, 2.05) is 24.3 Å². The minimum Gasteiger partial charge on any atom is -0.492 e. The minimum atomic E-state index is -0.0700. The van der Waals surface area contributed by atoms with E-state index < -0.39 is 0 Å². The van der Waals surface area contributed by atoms with Crippen molar-refractivity contribution in [1.29, 1.82) is 5.26 Å². The number of hydrogen-bond acceptors (Lipinski definition) is 3. The summed E-state index contributed by atoms with van der Waals surface area (Å²) in [6.45, 7) is 0.602. The first kappa shape index (κ1) is 11.0. The number of ether oxygens (including phenoxy) is 1. The van der Waals surface area contributed by atoms with Crippen molar-refractivity contribution in [3.05, 3.63) is 29.8 Å². The molecule has 0 radical (unpaired) electrons. The van der Waals surface area contributed by atoms with Gasteiger partial charge in [0.15, 0.2) is 0 Å². The van der Waals surface area contributed by atoms with Gasteiger partial charge in [-0.3, -0.25) is 0 Å². The Morgan fingerprint density at radius 3 is 2.56 bits per heavy atom. The van der Waals surface area contributed by atoms with Crippen LogP contribution in [-0.4, -0.2) is 12.1 Å². The summed E-state index contributed by atoms with van der Waals surface area (Å²) in [6.07, 6.45) is 3.49. The highest BCUT2D eigenvalue weighted by atomic mass is 16.5. The topological polar surface area (TPSA) is 59.0 Å². The van der Waals surface area contributed by atoms with E-state index in [4.69, 9.17) is 15.7 Å². The number of benzene rings is 1. The Bertz CT molecular complexity index is 387. The zero-order valence-electron chi connectivity index (χ0n) is 9.28. The molecule has 3 heteroatoms. The molecule has 1 aliphatic rings. The lowest BCUT2D eigenvalue weighted by atomic mass is 10.1. The van der Waals surface area contributed by atoms with Gasteiger partial charge in [-0.15, -0.1) is 0 Å². The summed E-state index contributed by atoms with van der Waals surface area (Å²) in [5.74, 6) is 0.859. The Morgan fingerprint density at radius 2 is 2.00 bits per heavy atom. The van der Waals surface area contributed by atoms with E-state index in [0.717, 1.165) is 25.0 Å². The summed E-state index contributed by atoms with van der Waals surface area (Å²) < 4.78 is 5.60. The Hall–Kier alpha value is -1.53. The van der Waals surface area contributed by atoms with Crippen LogP contribution < -0.4 is 10.5 Å². The van der Waals surface area contributed by atoms with Crippen molar-refractivity contribution < 1.29 is 4.74 Å². The quantitative estimate of drug-likeness (QED) is 0.819. The van der Waals surface area contributed by atoms with E-state index in [1.54, 1.807) is 0 Å². The predicted molar refractivity (Wildman–Crippen MR) is 62.0 cm³/mol. The molecule has 3 nitrogen and oxygen atoms in total. The Morgan fingerprint density at radius 1 is 1.31 bits per heavy atom. The summed E-state index contributed by atoms with van der Waals surface area (Å²) in [5.41, 5.74) is 7.03. The summed E-state index contributed by atoms with van der Waals surface area (Å²) in [6, 6.07) is 10.0. The molecule has 16 heavy (non-hydrogen) atoms. The van der Waals surface area contributed by atoms with Crippen molar-refractivity contribution in [2.45, 2.75) is 31.2 Å². The van der Waals surface area contributed by atoms with E-state index in [2.05, 4.69) is 6.07 Å². The van der Waals surface area contributed by atoms with Crippen LogP contribution in [0.3, 0.4) is 0 Å². The fourth-order valence-corrected chi connectivity index (χ4v) is 1.48. The molecule has 0 heterocycles. The Kier molecular flexibility index (Phi) is 3.12. The first-order chi connectivity index (χ1) is 7.72. The molecule has 84 valence electrons. The number of nitrogens with two attached hydrogens (primary N) is 1. The highest BCUT2D eigenvalue weighted by Gasteiger charge is 2.39. The van der Waals surface area contributed by atoms with Gasteiger partial charge in [0.05, 0.1) is 11.6 Å². The molecular weight excluding hydrogens is 200 g/mol. The zero-order chi connectivity index (χ0) is 11.4. The van der Waals surface area contributed by atoms with Gasteiger partial charge >= 0.3 is 0 Å². The van der Waals surface area contributed by atoms with Crippen molar-refractivity contribution in [3.63, 3.8) is 0 Å². The summed E-state index contributed by atoms with van der Waals surface area (Å²) in [7, 11) is 0. The first-order valence-electron chi connectivity index (χ1n) is 5.59. The molecule has 0 amide bonds. The monoisotopic (exact) mass is 216 g/mol. The Labute approximate surface area is 95.8 Å². The van der Waals surface area contributed by atoms with Gasteiger partial charge in [-0.2, -0.15) is 5.26 Å². The predicted octanol–water partition coefficient (Wildman–Crippen LogP) is 2.01. The summed E-state index contributed by atoms with van der Waals surface area (Å²) in [5, 5.41) is 8.47. The standard InChI is InChI=1S/C13H16N2O/c14-9-1-2-11-3-5-12(6-4-11)16-10-13(15)7-8-13/h3-6H,1-2,7-8,10,15H2. The molecule has 2 N–H and O–H groups in total. The molecule has 0 atom stereocenters. The van der Waals surface area contributed by atoms with Crippen LogP contribution in [-0.2, 0) is 6.42 Å². The summed E-state index contributed by atoms with van der Waals surface area (Å²) >= 11 is 0. The average molecular weight is 216 g/mol. The molecule has 1 aromatic rings. The third kappa shape index (κ3) is 2.98. The maximum absolute atomic E-state index is 8.47. The molecule has 0 aliphatic heterocycles. The zero-order valence-corrected chi connectivity index (χ0v) is 9.28. The highest BCUT2D eigenvalue weighted by molar-refractivity contribution is 5.27. The molecule has 0 saturated heterocycles. The fraction of sp³-hybridized carbons (Fsp3) is 0.462. The van der Waals surface area contributed by atoms with E-state index in [-0.39, 0.29) is 5.54 Å². The highest BCUT2D eigenvalue weighted by Crippen LogP contribution is 2.32. The molecule has 0 bridgehead atoms. The van der Waals surface area contributed by atoms with Gasteiger partial charge in [-0.1, -0.05) is 12.1 Å². The second-order valence-corrected chi connectivity index (χ2v) is 4.45. The molecular formula is C13H16N2O. The van der Waals surface area contributed by atoms with E-state index >= 15 is 0 Å². The smallest absolute Gasteiger partial charge is 0.119 e. The van der Waals surface area contributed by atoms with Crippen LogP contribution in [0.5, 0.6) is 5.75 Å². The van der Waals surface area contributed by atoms with Crippen molar-refractivity contribution in [1.82, 2.24) is 0 Å². The maximum Gasteiger partial charge on any atom is 0.119 e. The lowest BCUT2D eigenvalue weighted by molar-refractivity contribution is 0.279. The number of aryl methyl sites for hydroxylation is 1. The van der Waals surface area contributed by atoms with E-state index in [1.165, 1.54) is 5.56 Å². The van der Waals surface area contributed by atoms with Crippen molar-refractivity contribution in [2.75, 3.05) is 6.61 Å². The molecule has 0 aromatic heterocycles. The fourth-order valence-electron chi connectivity index (χ4n) is 1.48. The first-order valence-corrected chi connectivity index (χ1v) is 5.59. The molecule has 1 aliphatic carbocycles. The van der Waals surface area contributed by atoms with Crippen LogP contribution in [0.25, 0.3) is 0 Å². The number of hydrogen-bond donors (Lipinski definition) is 1. The molecule has 0 spiro atoms. The normalized spacial score (nSPS) is 16.5. The lowest BCUT2D eigenvalue weighted by Crippen LogP contribution is -2.29. The SMILES string of the molecule is N#CCCc1ccc(OCC2(N)CC2)cc1. The molecule has 2 rings (SSSR count). The van der Waals surface area contributed by atoms with Crippen LogP contribution in [0.15, 0.2) is 24.3 Å². The number of nitrogens with zero attached hydrogens (tertiary/aromatic N) is 1. The van der Waals surface area contributed by atoms with Gasteiger partial charge in [0.25, 0.3) is 0 Å². The number of rotatable bonds is 5. The van der Waals surface area contributed by atoms with Crippen LogP contribution in [0.4, 0.5) is 0 Å². The minimum absolute atomic E-state index is 0.0700. The summed E-state index contributed by atoms with van der Waals surface area (Å²) in [4.78, 5) is 0. The molecule has 0 unspecified atom stereocenters. The molecule has 1 saturated carbocycles. The van der Waals surface area contributed by atoms with Gasteiger partial charge in [0.2, 0.25) is 0 Å². The van der Waals surface area contributed by atoms with Gasteiger partial charge < -0.3 is 10.5 Å². The largest absolute Gasteiger partial charge is 0.492 e. The second-order valence-electron chi connectivity index (χ2n) is 4.45. The van der Waals surface area contributed by atoms with Crippen molar-refractivity contribution >= 4 is 0 Å². The molecule has 1 aromatic carbocycles. The van der Waals surface area contributed by atoms with E-state index in [0.29, 0.717) is 13.0 Å². The van der Waals surface area contributed by atoms with Crippen LogP contribution >= 0.6 is 0 Å². The lowest BCUT2D eigenvalue weighted by Gasteiger charge is -2.11. The van der Waals surface area contributed by atoms with Crippen LogP contribution in [0.1, 0.15) is 24.8 Å².